The van der Waals surface area contributed by atoms with Crippen LogP contribution in [0.4, 0.5) is 10.1 Å². The molecule has 0 fully saturated rings. The predicted octanol–water partition coefficient (Wildman–Crippen LogP) is 3.85. The molecule has 0 saturated heterocycles. The van der Waals surface area contributed by atoms with E-state index in [1.165, 1.54) is 22.9 Å². The van der Waals surface area contributed by atoms with E-state index in [0.29, 0.717) is 0 Å². The van der Waals surface area contributed by atoms with E-state index in [0.717, 1.165) is 17.7 Å². The Morgan fingerprint density at radius 2 is 2.11 bits per heavy atom. The molecule has 0 bridgehead atoms. The third kappa shape index (κ3) is 2.05. The summed E-state index contributed by atoms with van der Waals surface area (Å²) in [6, 6.07) is 11.0. The minimum Gasteiger partial charge on any atom is -0.496 e. The van der Waals surface area contributed by atoms with E-state index in [1.54, 1.807) is 19.2 Å². The number of hydrogen-bond donors (Lipinski definition) is 1. The standard InChI is InChI=1S/C16H16FNO/c1-10-4-3-5-11-8-14(18-16(10)11)13-9-12(17)6-7-15(13)19-2/h3-7,9,14,18H,8H2,1-2H3. The Balaban J connectivity index is 1.99. The molecule has 2 aromatic rings. The summed E-state index contributed by atoms with van der Waals surface area (Å²) in [4.78, 5) is 0. The summed E-state index contributed by atoms with van der Waals surface area (Å²) in [7, 11) is 1.62. The van der Waals surface area contributed by atoms with E-state index in [2.05, 4.69) is 30.4 Å². The Morgan fingerprint density at radius 1 is 1.26 bits per heavy atom. The fraction of sp³-hybridized carbons (Fsp3) is 0.250. The normalized spacial score (nSPS) is 16.9. The maximum Gasteiger partial charge on any atom is 0.124 e. The largest absolute Gasteiger partial charge is 0.496 e. The van der Waals surface area contributed by atoms with E-state index >= 15 is 0 Å². The Bertz CT molecular complexity index is 624. The Kier molecular flexibility index (Phi) is 2.90. The second-order valence-corrected chi connectivity index (χ2v) is 4.90. The van der Waals surface area contributed by atoms with E-state index in [-0.39, 0.29) is 11.9 Å². The number of methoxy groups -OCH3 is 1. The van der Waals surface area contributed by atoms with Crippen LogP contribution in [0.3, 0.4) is 0 Å². The number of hydrogen-bond acceptors (Lipinski definition) is 2. The van der Waals surface area contributed by atoms with Gasteiger partial charge < -0.3 is 10.1 Å². The monoisotopic (exact) mass is 257 g/mol. The Hall–Kier alpha value is -2.03. The summed E-state index contributed by atoms with van der Waals surface area (Å²) in [5.41, 5.74) is 4.53. The van der Waals surface area contributed by atoms with Gasteiger partial charge >= 0.3 is 0 Å². The molecule has 0 aromatic heterocycles. The van der Waals surface area contributed by atoms with E-state index < -0.39 is 0 Å². The van der Waals surface area contributed by atoms with Crippen LogP contribution in [0, 0.1) is 12.7 Å². The van der Waals surface area contributed by atoms with Crippen molar-refractivity contribution in [3.05, 3.63) is 58.9 Å². The van der Waals surface area contributed by atoms with Crippen LogP contribution >= 0.6 is 0 Å². The molecular weight excluding hydrogens is 241 g/mol. The average Bonchev–Trinajstić information content (AvgIpc) is 2.84. The second kappa shape index (κ2) is 4.57. The molecule has 0 amide bonds. The van der Waals surface area contributed by atoms with Gasteiger partial charge in [-0.05, 0) is 42.7 Å². The molecule has 1 heterocycles. The highest BCUT2D eigenvalue weighted by Gasteiger charge is 2.25. The van der Waals surface area contributed by atoms with Crippen molar-refractivity contribution >= 4 is 5.69 Å². The fourth-order valence-corrected chi connectivity index (χ4v) is 2.72. The molecule has 1 unspecified atom stereocenters. The Morgan fingerprint density at radius 3 is 2.84 bits per heavy atom. The lowest BCUT2D eigenvalue weighted by Gasteiger charge is -2.16. The number of fused-ring (bicyclic) bond motifs is 1. The first kappa shape index (κ1) is 12.0. The molecule has 0 radical (unpaired) electrons. The zero-order valence-corrected chi connectivity index (χ0v) is 11.0. The lowest BCUT2D eigenvalue weighted by Crippen LogP contribution is -2.08. The number of benzene rings is 2. The summed E-state index contributed by atoms with van der Waals surface area (Å²) in [6.45, 7) is 2.08. The maximum atomic E-state index is 13.5. The molecule has 0 spiro atoms. The molecule has 1 atom stereocenters. The van der Waals surface area contributed by atoms with Gasteiger partial charge in [0.15, 0.2) is 0 Å². The quantitative estimate of drug-likeness (QED) is 0.882. The minimum atomic E-state index is -0.231. The highest BCUT2D eigenvalue weighted by molar-refractivity contribution is 5.63. The van der Waals surface area contributed by atoms with Crippen LogP contribution in [-0.2, 0) is 6.42 Å². The fourth-order valence-electron chi connectivity index (χ4n) is 2.72. The topological polar surface area (TPSA) is 21.3 Å². The van der Waals surface area contributed by atoms with Crippen LogP contribution in [0.1, 0.15) is 22.7 Å². The molecule has 1 aliphatic rings. The number of para-hydroxylation sites is 1. The van der Waals surface area contributed by atoms with Gasteiger partial charge in [-0.25, -0.2) is 4.39 Å². The number of rotatable bonds is 2. The first-order valence-corrected chi connectivity index (χ1v) is 6.37. The minimum absolute atomic E-state index is 0.0711. The lowest BCUT2D eigenvalue weighted by atomic mass is 10.0. The van der Waals surface area contributed by atoms with Crippen LogP contribution in [0.2, 0.25) is 0 Å². The zero-order valence-electron chi connectivity index (χ0n) is 11.0. The number of anilines is 1. The van der Waals surface area contributed by atoms with Crippen molar-refractivity contribution in [2.75, 3.05) is 12.4 Å². The predicted molar refractivity (Wildman–Crippen MR) is 74.2 cm³/mol. The van der Waals surface area contributed by atoms with Crippen molar-refractivity contribution in [3.8, 4) is 5.75 Å². The third-order valence-electron chi connectivity index (χ3n) is 3.67. The van der Waals surface area contributed by atoms with Crippen molar-refractivity contribution in [2.24, 2.45) is 0 Å². The molecular formula is C16H16FNO. The van der Waals surface area contributed by atoms with Crippen LogP contribution in [0.15, 0.2) is 36.4 Å². The van der Waals surface area contributed by atoms with Crippen LogP contribution in [0.5, 0.6) is 5.75 Å². The summed E-state index contributed by atoms with van der Waals surface area (Å²) in [5.74, 6) is 0.495. The van der Waals surface area contributed by atoms with E-state index in [1.807, 2.05) is 0 Å². The molecule has 0 saturated carbocycles. The second-order valence-electron chi connectivity index (χ2n) is 4.90. The van der Waals surface area contributed by atoms with Gasteiger partial charge in [-0.2, -0.15) is 0 Å². The van der Waals surface area contributed by atoms with Crippen molar-refractivity contribution < 1.29 is 9.13 Å². The van der Waals surface area contributed by atoms with Gasteiger partial charge in [0, 0.05) is 11.3 Å². The lowest BCUT2D eigenvalue weighted by molar-refractivity contribution is 0.406. The van der Waals surface area contributed by atoms with Crippen molar-refractivity contribution in [2.45, 2.75) is 19.4 Å². The van der Waals surface area contributed by atoms with Gasteiger partial charge in [-0.15, -0.1) is 0 Å². The highest BCUT2D eigenvalue weighted by atomic mass is 19.1. The molecule has 1 aliphatic heterocycles. The molecule has 3 rings (SSSR count). The van der Waals surface area contributed by atoms with Crippen molar-refractivity contribution in [1.29, 1.82) is 0 Å². The molecule has 1 N–H and O–H groups in total. The number of nitrogens with one attached hydrogen (secondary N) is 1. The number of halogens is 1. The summed E-state index contributed by atoms with van der Waals surface area (Å²) < 4.78 is 18.8. The average molecular weight is 257 g/mol. The number of aryl methyl sites for hydroxylation is 1. The third-order valence-corrected chi connectivity index (χ3v) is 3.67. The number of ether oxygens (including phenoxy) is 1. The molecule has 3 heteroatoms. The maximum absolute atomic E-state index is 13.5. The first-order valence-electron chi connectivity index (χ1n) is 6.37. The van der Waals surface area contributed by atoms with Gasteiger partial charge in [0.1, 0.15) is 11.6 Å². The van der Waals surface area contributed by atoms with Gasteiger partial charge in [-0.1, -0.05) is 18.2 Å². The van der Waals surface area contributed by atoms with Gasteiger partial charge in [-0.3, -0.25) is 0 Å². The van der Waals surface area contributed by atoms with Crippen LogP contribution in [0.25, 0.3) is 0 Å². The van der Waals surface area contributed by atoms with Crippen LogP contribution in [-0.4, -0.2) is 7.11 Å². The Labute approximate surface area is 112 Å². The van der Waals surface area contributed by atoms with Gasteiger partial charge in [0.05, 0.1) is 13.2 Å². The van der Waals surface area contributed by atoms with Crippen LogP contribution < -0.4 is 10.1 Å². The van der Waals surface area contributed by atoms with Crippen molar-refractivity contribution in [1.82, 2.24) is 0 Å². The van der Waals surface area contributed by atoms with Gasteiger partial charge in [0.25, 0.3) is 0 Å². The highest BCUT2D eigenvalue weighted by Crippen LogP contribution is 2.39. The van der Waals surface area contributed by atoms with Gasteiger partial charge in [0.2, 0.25) is 0 Å². The molecule has 2 aromatic carbocycles. The van der Waals surface area contributed by atoms with E-state index in [4.69, 9.17) is 4.74 Å². The summed E-state index contributed by atoms with van der Waals surface area (Å²) >= 11 is 0. The molecule has 2 nitrogen and oxygen atoms in total. The first-order chi connectivity index (χ1) is 9.19. The van der Waals surface area contributed by atoms with Crippen molar-refractivity contribution in [3.63, 3.8) is 0 Å². The summed E-state index contributed by atoms with van der Waals surface area (Å²) in [5, 5.41) is 3.47. The smallest absolute Gasteiger partial charge is 0.124 e. The van der Waals surface area contributed by atoms with E-state index in [9.17, 15) is 4.39 Å². The molecule has 19 heavy (non-hydrogen) atoms. The SMILES string of the molecule is COc1ccc(F)cc1C1Cc2cccc(C)c2N1. The molecule has 98 valence electrons. The molecule has 0 aliphatic carbocycles. The zero-order chi connectivity index (χ0) is 13.4. The summed E-state index contributed by atoms with van der Waals surface area (Å²) in [6.07, 6.45) is 0.858.